The van der Waals surface area contributed by atoms with Gasteiger partial charge >= 0.3 is 0 Å². The van der Waals surface area contributed by atoms with Crippen LogP contribution in [0.1, 0.15) is 10.4 Å². The van der Waals surface area contributed by atoms with Gasteiger partial charge < -0.3 is 15.2 Å². The number of pyridine rings is 1. The summed E-state index contributed by atoms with van der Waals surface area (Å²) in [4.78, 5) is 17.6. The number of aromatic nitrogens is 3. The second-order valence-corrected chi connectivity index (χ2v) is 6.72. The molecule has 2 aromatic heterocycles. The quantitative estimate of drug-likeness (QED) is 0.537. The molecular formula is C19H15BrN4O3. The lowest BCUT2D eigenvalue weighted by Crippen LogP contribution is -2.14. The van der Waals surface area contributed by atoms with Crippen molar-refractivity contribution in [2.75, 3.05) is 20.0 Å². The minimum atomic E-state index is -0.350. The maximum atomic E-state index is 13.0. The van der Waals surface area contributed by atoms with Crippen molar-refractivity contribution in [3.05, 3.63) is 52.5 Å². The third-order valence-electron chi connectivity index (χ3n) is 4.28. The van der Waals surface area contributed by atoms with Crippen molar-refractivity contribution in [3.63, 3.8) is 0 Å². The minimum Gasteiger partial charge on any atom is -0.497 e. The van der Waals surface area contributed by atoms with Crippen molar-refractivity contribution in [2.24, 2.45) is 0 Å². The van der Waals surface area contributed by atoms with Gasteiger partial charge in [-0.2, -0.15) is 4.68 Å². The number of rotatable bonds is 3. The monoisotopic (exact) mass is 426 g/mol. The summed E-state index contributed by atoms with van der Waals surface area (Å²) < 4.78 is 12.5. The topological polar surface area (TPSA) is 92.3 Å². The van der Waals surface area contributed by atoms with Crippen LogP contribution in [0.3, 0.4) is 0 Å². The van der Waals surface area contributed by atoms with Crippen LogP contribution in [0.4, 0.5) is 5.82 Å². The number of carbonyl (C=O) groups is 1. The zero-order chi connectivity index (χ0) is 19.1. The number of nitrogen functional groups attached to an aromatic ring is 1. The molecule has 0 saturated heterocycles. The average Bonchev–Trinajstić information content (AvgIpc) is 3.01. The Morgan fingerprint density at radius 3 is 2.67 bits per heavy atom. The van der Waals surface area contributed by atoms with Crippen molar-refractivity contribution in [1.82, 2.24) is 14.8 Å². The number of nitrogens with zero attached hydrogens (tertiary/aromatic N) is 3. The Morgan fingerprint density at radius 2 is 1.93 bits per heavy atom. The van der Waals surface area contributed by atoms with E-state index in [0.29, 0.717) is 33.6 Å². The summed E-state index contributed by atoms with van der Waals surface area (Å²) in [6.07, 6.45) is 0. The molecule has 0 unspecified atom stereocenters. The Labute approximate surface area is 162 Å². The normalized spacial score (nSPS) is 11.1. The predicted octanol–water partition coefficient (Wildman–Crippen LogP) is 3.63. The molecule has 0 saturated carbocycles. The molecule has 0 bridgehead atoms. The van der Waals surface area contributed by atoms with Crippen LogP contribution >= 0.6 is 15.9 Å². The lowest BCUT2D eigenvalue weighted by Gasteiger charge is -2.07. The second-order valence-electron chi connectivity index (χ2n) is 5.87. The molecule has 0 fully saturated rings. The van der Waals surface area contributed by atoms with Crippen LogP contribution in [0.2, 0.25) is 0 Å². The molecule has 2 aromatic carbocycles. The summed E-state index contributed by atoms with van der Waals surface area (Å²) in [5.41, 5.74) is 7.52. The fraction of sp³-hybridized carbons (Fsp3) is 0.105. The Bertz CT molecular complexity index is 1200. The summed E-state index contributed by atoms with van der Waals surface area (Å²) in [5.74, 6) is 1.12. The van der Waals surface area contributed by atoms with Gasteiger partial charge in [-0.05, 0) is 52.3 Å². The van der Waals surface area contributed by atoms with Crippen LogP contribution in [0, 0.1) is 0 Å². The van der Waals surface area contributed by atoms with Crippen LogP contribution < -0.4 is 15.2 Å². The molecule has 27 heavy (non-hydrogen) atoms. The highest BCUT2D eigenvalue weighted by Crippen LogP contribution is 2.29. The summed E-state index contributed by atoms with van der Waals surface area (Å²) in [6, 6.07) is 12.5. The van der Waals surface area contributed by atoms with Crippen LogP contribution in [0.15, 0.2) is 46.9 Å². The number of hydrogen-bond acceptors (Lipinski definition) is 6. The van der Waals surface area contributed by atoms with Gasteiger partial charge in [-0.1, -0.05) is 0 Å². The molecule has 0 aliphatic carbocycles. The summed E-state index contributed by atoms with van der Waals surface area (Å²) in [6.45, 7) is 0. The van der Waals surface area contributed by atoms with Crippen molar-refractivity contribution < 1.29 is 14.3 Å². The first-order valence-corrected chi connectivity index (χ1v) is 8.82. The highest BCUT2D eigenvalue weighted by molar-refractivity contribution is 9.10. The number of methoxy groups -OCH3 is 2. The van der Waals surface area contributed by atoms with Gasteiger partial charge in [-0.3, -0.25) is 4.79 Å². The van der Waals surface area contributed by atoms with Gasteiger partial charge in [-0.15, -0.1) is 5.10 Å². The summed E-state index contributed by atoms with van der Waals surface area (Å²) in [5, 5.41) is 5.71. The van der Waals surface area contributed by atoms with E-state index in [4.69, 9.17) is 15.2 Å². The Morgan fingerprint density at radius 1 is 1.11 bits per heavy atom. The molecule has 4 aromatic rings. The fourth-order valence-electron chi connectivity index (χ4n) is 2.88. The smallest absolute Gasteiger partial charge is 0.280 e. The molecule has 8 heteroatoms. The lowest BCUT2D eigenvalue weighted by molar-refractivity contribution is 0.0950. The van der Waals surface area contributed by atoms with Crippen molar-refractivity contribution in [1.29, 1.82) is 0 Å². The molecule has 2 N–H and O–H groups in total. The summed E-state index contributed by atoms with van der Waals surface area (Å²) >= 11 is 3.38. The van der Waals surface area contributed by atoms with Gasteiger partial charge in [0.25, 0.3) is 5.91 Å². The second kappa shape index (κ2) is 6.55. The van der Waals surface area contributed by atoms with E-state index in [1.54, 1.807) is 31.4 Å². The molecule has 0 aliphatic rings. The lowest BCUT2D eigenvalue weighted by atomic mass is 10.1. The predicted molar refractivity (Wildman–Crippen MR) is 106 cm³/mol. The van der Waals surface area contributed by atoms with Gasteiger partial charge in [-0.25, -0.2) is 4.98 Å². The molecule has 136 valence electrons. The van der Waals surface area contributed by atoms with Crippen molar-refractivity contribution in [2.45, 2.75) is 0 Å². The number of hydrogen-bond donors (Lipinski definition) is 1. The number of nitrogens with two attached hydrogens (primary N) is 1. The van der Waals surface area contributed by atoms with E-state index in [1.807, 2.05) is 18.2 Å². The van der Waals surface area contributed by atoms with Gasteiger partial charge in [0.15, 0.2) is 11.5 Å². The van der Waals surface area contributed by atoms with Crippen molar-refractivity contribution in [3.8, 4) is 11.5 Å². The standard InChI is InChI=1S/C19H15BrN4O3/c1-26-12-5-3-10-7-13-17(21)23-24(18(13)22-15(10)9-12)19(25)11-4-6-14(20)16(8-11)27-2/h3-9H,1-2H3,(H2,21,23). The molecule has 0 amide bonds. The number of anilines is 1. The Balaban J connectivity index is 1.90. The van der Waals surface area contributed by atoms with Crippen molar-refractivity contribution >= 4 is 49.6 Å². The van der Waals surface area contributed by atoms with E-state index in [-0.39, 0.29) is 11.7 Å². The van der Waals surface area contributed by atoms with Crippen LogP contribution in [0.25, 0.3) is 21.9 Å². The van der Waals surface area contributed by atoms with Gasteiger partial charge in [0.2, 0.25) is 0 Å². The Hall–Kier alpha value is -3.13. The molecule has 0 radical (unpaired) electrons. The number of halogens is 1. The van der Waals surface area contributed by atoms with Crippen LogP contribution in [-0.4, -0.2) is 34.9 Å². The highest BCUT2D eigenvalue weighted by atomic mass is 79.9. The zero-order valence-corrected chi connectivity index (χ0v) is 16.1. The number of fused-ring (bicyclic) bond motifs is 2. The maximum Gasteiger partial charge on any atom is 0.280 e. The molecule has 7 nitrogen and oxygen atoms in total. The number of carbonyl (C=O) groups excluding carboxylic acids is 1. The number of benzene rings is 2. The first-order valence-electron chi connectivity index (χ1n) is 8.03. The van der Waals surface area contributed by atoms with Gasteiger partial charge in [0.05, 0.1) is 29.6 Å². The molecule has 2 heterocycles. The van der Waals surface area contributed by atoms with Gasteiger partial charge in [0, 0.05) is 17.0 Å². The van der Waals surface area contributed by atoms with Crippen LogP contribution in [-0.2, 0) is 0 Å². The zero-order valence-electron chi connectivity index (χ0n) is 14.6. The maximum absolute atomic E-state index is 13.0. The molecule has 0 atom stereocenters. The van der Waals surface area contributed by atoms with E-state index < -0.39 is 0 Å². The fourth-order valence-corrected chi connectivity index (χ4v) is 3.29. The summed E-state index contributed by atoms with van der Waals surface area (Å²) in [7, 11) is 3.13. The SMILES string of the molecule is COc1ccc2cc3c(N)nn(C(=O)c4ccc(Br)c(OC)c4)c3nc2c1. The van der Waals surface area contributed by atoms with Crippen LogP contribution in [0.5, 0.6) is 11.5 Å². The largest absolute Gasteiger partial charge is 0.497 e. The molecule has 4 rings (SSSR count). The van der Waals surface area contributed by atoms with Gasteiger partial charge in [0.1, 0.15) is 11.5 Å². The third kappa shape index (κ3) is 2.87. The average molecular weight is 427 g/mol. The highest BCUT2D eigenvalue weighted by Gasteiger charge is 2.19. The first kappa shape index (κ1) is 17.3. The minimum absolute atomic E-state index is 0.243. The van der Waals surface area contributed by atoms with E-state index in [9.17, 15) is 4.79 Å². The third-order valence-corrected chi connectivity index (χ3v) is 4.93. The molecule has 0 spiro atoms. The van der Waals surface area contributed by atoms with E-state index in [0.717, 1.165) is 9.86 Å². The Kier molecular flexibility index (Phi) is 4.19. The molecular weight excluding hydrogens is 412 g/mol. The first-order chi connectivity index (χ1) is 13.0. The van der Waals surface area contributed by atoms with E-state index in [1.165, 1.54) is 11.8 Å². The van der Waals surface area contributed by atoms with E-state index >= 15 is 0 Å². The van der Waals surface area contributed by atoms with E-state index in [2.05, 4.69) is 26.0 Å². The molecule has 0 aliphatic heterocycles. The number of ether oxygens (including phenoxy) is 2.